The Labute approximate surface area is 220 Å². The molecule has 0 fully saturated rings. The van der Waals surface area contributed by atoms with E-state index < -0.39 is 16.1 Å². The van der Waals surface area contributed by atoms with E-state index in [4.69, 9.17) is 4.74 Å². The number of benzene rings is 3. The van der Waals surface area contributed by atoms with E-state index in [0.717, 1.165) is 22.3 Å². The normalized spacial score (nSPS) is 17.2. The first-order valence-corrected chi connectivity index (χ1v) is 13.9. The predicted molar refractivity (Wildman–Crippen MR) is 147 cm³/mol. The van der Waals surface area contributed by atoms with Gasteiger partial charge < -0.3 is 15.2 Å². The molecule has 6 nitrogen and oxygen atoms in total. The van der Waals surface area contributed by atoms with Gasteiger partial charge in [-0.1, -0.05) is 80.6 Å². The monoisotopic (exact) mass is 530 g/mol. The minimum Gasteiger partial charge on any atom is -0.487 e. The molecule has 0 radical (unpaired) electrons. The van der Waals surface area contributed by atoms with Gasteiger partial charge in [-0.25, -0.2) is 8.42 Å². The third-order valence-electron chi connectivity index (χ3n) is 6.29. The van der Waals surface area contributed by atoms with E-state index in [9.17, 15) is 13.5 Å². The molecule has 1 aliphatic rings. The fraction of sp³-hybridized carbons (Fsp3) is 0.357. The number of aliphatic hydroxyl groups is 1. The zero-order chi connectivity index (χ0) is 25.0. The maximum Gasteiger partial charge on any atom is 0.232 e. The lowest BCUT2D eigenvalue weighted by atomic mass is 9.84. The molecular formula is C28H35ClN2O4S. The van der Waals surface area contributed by atoms with Crippen molar-refractivity contribution in [1.82, 2.24) is 5.32 Å². The van der Waals surface area contributed by atoms with Gasteiger partial charge in [-0.3, -0.25) is 4.31 Å². The molecule has 0 heterocycles. The molecule has 0 saturated heterocycles. The molecule has 3 aromatic rings. The lowest BCUT2D eigenvalue weighted by Gasteiger charge is -2.36. The molecule has 0 aromatic heterocycles. The average molecular weight is 531 g/mol. The van der Waals surface area contributed by atoms with Crippen molar-refractivity contribution in [3.8, 4) is 5.75 Å². The van der Waals surface area contributed by atoms with Crippen molar-refractivity contribution in [2.75, 3.05) is 10.6 Å². The van der Waals surface area contributed by atoms with Crippen LogP contribution in [0.25, 0.3) is 0 Å². The summed E-state index contributed by atoms with van der Waals surface area (Å²) < 4.78 is 33.9. The van der Waals surface area contributed by atoms with Gasteiger partial charge in [-0.15, -0.1) is 12.4 Å². The Kier molecular flexibility index (Phi) is 9.41. The Hall–Kier alpha value is -2.58. The Morgan fingerprint density at radius 2 is 1.61 bits per heavy atom. The number of nitrogens with one attached hydrogen (secondary N) is 1. The number of hydrogen-bond acceptors (Lipinski definition) is 5. The Bertz CT molecular complexity index is 1240. The van der Waals surface area contributed by atoms with Gasteiger partial charge in [0.05, 0.1) is 24.6 Å². The van der Waals surface area contributed by atoms with Crippen LogP contribution in [0.2, 0.25) is 0 Å². The summed E-state index contributed by atoms with van der Waals surface area (Å²) >= 11 is 0. The number of halogens is 1. The zero-order valence-corrected chi connectivity index (χ0v) is 22.6. The largest absolute Gasteiger partial charge is 0.487 e. The second kappa shape index (κ2) is 12.1. The van der Waals surface area contributed by atoms with Crippen LogP contribution < -0.4 is 14.4 Å². The molecule has 0 amide bonds. The Morgan fingerprint density at radius 3 is 2.19 bits per heavy atom. The van der Waals surface area contributed by atoms with E-state index >= 15 is 0 Å². The van der Waals surface area contributed by atoms with Crippen LogP contribution in [-0.4, -0.2) is 31.9 Å². The maximum absolute atomic E-state index is 13.1. The Balaban J connectivity index is 0.00000361. The molecule has 0 bridgehead atoms. The summed E-state index contributed by atoms with van der Waals surface area (Å²) in [6.07, 6.45) is 1.82. The lowest BCUT2D eigenvalue weighted by molar-refractivity contribution is 0.110. The summed E-state index contributed by atoms with van der Waals surface area (Å²) in [5.74, 6) is 0.497. The highest BCUT2D eigenvalue weighted by Crippen LogP contribution is 2.43. The van der Waals surface area contributed by atoms with E-state index in [1.807, 2.05) is 66.7 Å². The van der Waals surface area contributed by atoms with Crippen LogP contribution in [-0.2, 0) is 29.6 Å². The third kappa shape index (κ3) is 6.59. The number of ether oxygens (including phenoxy) is 1. The molecule has 0 aliphatic heterocycles. The number of nitrogens with zero attached hydrogens (tertiary/aromatic N) is 1. The standard InChI is InChI=1S/C28H34N2O4S.ClH/c1-20(2)29-25-16-14-23-24(28(25)31)15-17-26(34-19-22-12-8-5-9-13-22)27(23)30(35(3,32)33)18-21-10-6-4-7-11-21;/h4-13,15,17,20,25,28-29,31H,14,16,18-19H2,1-3H3;1H. The number of sulfonamides is 1. The number of fused-ring (bicyclic) bond motifs is 1. The van der Waals surface area contributed by atoms with Crippen molar-refractivity contribution < 1.29 is 18.3 Å². The highest BCUT2D eigenvalue weighted by Gasteiger charge is 2.34. The molecule has 2 N–H and O–H groups in total. The van der Waals surface area contributed by atoms with E-state index in [0.29, 0.717) is 30.9 Å². The molecule has 2 atom stereocenters. The fourth-order valence-corrected chi connectivity index (χ4v) is 5.60. The quantitative estimate of drug-likeness (QED) is 0.407. The van der Waals surface area contributed by atoms with Gasteiger partial charge >= 0.3 is 0 Å². The molecule has 4 rings (SSSR count). The van der Waals surface area contributed by atoms with Crippen molar-refractivity contribution >= 4 is 28.1 Å². The summed E-state index contributed by atoms with van der Waals surface area (Å²) in [6.45, 7) is 4.61. The number of hydrogen-bond donors (Lipinski definition) is 2. The van der Waals surface area contributed by atoms with Gasteiger partial charge in [-0.2, -0.15) is 0 Å². The van der Waals surface area contributed by atoms with Gasteiger partial charge in [0.1, 0.15) is 12.4 Å². The molecule has 194 valence electrons. The van der Waals surface area contributed by atoms with Crippen molar-refractivity contribution in [2.24, 2.45) is 0 Å². The number of rotatable bonds is 9. The van der Waals surface area contributed by atoms with E-state index in [1.165, 1.54) is 10.6 Å². The van der Waals surface area contributed by atoms with E-state index in [1.54, 1.807) is 6.07 Å². The second-order valence-electron chi connectivity index (χ2n) is 9.42. The van der Waals surface area contributed by atoms with Crippen LogP contribution >= 0.6 is 12.4 Å². The van der Waals surface area contributed by atoms with Crippen LogP contribution in [0, 0.1) is 0 Å². The van der Waals surface area contributed by atoms with E-state index in [-0.39, 0.29) is 31.0 Å². The van der Waals surface area contributed by atoms with Gasteiger partial charge in [-0.05, 0) is 41.2 Å². The molecule has 0 saturated carbocycles. The first kappa shape index (κ1) is 28.0. The summed E-state index contributed by atoms with van der Waals surface area (Å²) in [6, 6.07) is 23.1. The first-order valence-electron chi connectivity index (χ1n) is 12.0. The first-order chi connectivity index (χ1) is 16.7. The lowest BCUT2D eigenvalue weighted by Crippen LogP contribution is -2.42. The minimum absolute atomic E-state index is 0. The van der Waals surface area contributed by atoms with Gasteiger partial charge in [0.25, 0.3) is 0 Å². The molecule has 8 heteroatoms. The van der Waals surface area contributed by atoms with Crippen molar-refractivity contribution in [1.29, 1.82) is 0 Å². The van der Waals surface area contributed by atoms with Crippen LogP contribution in [0.4, 0.5) is 5.69 Å². The fourth-order valence-electron chi connectivity index (χ4n) is 4.68. The van der Waals surface area contributed by atoms with Crippen LogP contribution in [0.15, 0.2) is 72.8 Å². The van der Waals surface area contributed by atoms with Gasteiger partial charge in [0.15, 0.2) is 0 Å². The summed E-state index contributed by atoms with van der Waals surface area (Å²) in [5, 5.41) is 14.6. The van der Waals surface area contributed by atoms with Gasteiger partial charge in [0.2, 0.25) is 10.0 Å². The second-order valence-corrected chi connectivity index (χ2v) is 11.3. The maximum atomic E-state index is 13.1. The van der Waals surface area contributed by atoms with Crippen LogP contribution in [0.3, 0.4) is 0 Å². The summed E-state index contributed by atoms with van der Waals surface area (Å²) in [7, 11) is -3.65. The summed E-state index contributed by atoms with van der Waals surface area (Å²) in [5.41, 5.74) is 3.96. The molecule has 36 heavy (non-hydrogen) atoms. The average Bonchev–Trinajstić information content (AvgIpc) is 2.83. The number of aliphatic hydroxyl groups excluding tert-OH is 1. The van der Waals surface area contributed by atoms with Crippen molar-refractivity contribution in [2.45, 2.75) is 58.0 Å². The zero-order valence-electron chi connectivity index (χ0n) is 20.9. The third-order valence-corrected chi connectivity index (χ3v) is 7.40. The van der Waals surface area contributed by atoms with Crippen molar-refractivity contribution in [3.63, 3.8) is 0 Å². The van der Waals surface area contributed by atoms with Gasteiger partial charge in [0, 0.05) is 12.1 Å². The molecule has 1 aliphatic carbocycles. The minimum atomic E-state index is -3.65. The Morgan fingerprint density at radius 1 is 1.00 bits per heavy atom. The molecule has 0 spiro atoms. The SMILES string of the molecule is CC(C)NC1CCc2c(ccc(OCc3ccccc3)c2N(Cc2ccccc2)S(C)(=O)=O)C1O.Cl. The molecule has 3 aromatic carbocycles. The molecule has 2 unspecified atom stereocenters. The van der Waals surface area contributed by atoms with Crippen LogP contribution in [0.1, 0.15) is 48.6 Å². The topological polar surface area (TPSA) is 78.9 Å². The highest BCUT2D eigenvalue weighted by atomic mass is 35.5. The van der Waals surface area contributed by atoms with Crippen molar-refractivity contribution in [3.05, 3.63) is 95.1 Å². The smallest absolute Gasteiger partial charge is 0.232 e. The molecular weight excluding hydrogens is 496 g/mol. The summed E-state index contributed by atoms with van der Waals surface area (Å²) in [4.78, 5) is 0. The highest BCUT2D eigenvalue weighted by molar-refractivity contribution is 7.92. The van der Waals surface area contributed by atoms with Crippen LogP contribution in [0.5, 0.6) is 5.75 Å². The van der Waals surface area contributed by atoms with E-state index in [2.05, 4.69) is 19.2 Å². The number of anilines is 1. The predicted octanol–water partition coefficient (Wildman–Crippen LogP) is 5.00.